The average Bonchev–Trinajstić information content (AvgIpc) is 3.08. The van der Waals surface area contributed by atoms with Gasteiger partial charge in [-0.3, -0.25) is 0 Å². The van der Waals surface area contributed by atoms with E-state index in [1.165, 1.54) is 0 Å². The highest BCUT2D eigenvalue weighted by Crippen LogP contribution is 2.39. The van der Waals surface area contributed by atoms with Gasteiger partial charge in [0.2, 0.25) is 0 Å². The molecule has 2 aromatic carbocycles. The summed E-state index contributed by atoms with van der Waals surface area (Å²) < 4.78 is 50.3. The Balaban J connectivity index is 1.88. The summed E-state index contributed by atoms with van der Waals surface area (Å²) in [5, 5.41) is 26.6. The highest BCUT2D eigenvalue weighted by Gasteiger charge is 2.27. The van der Waals surface area contributed by atoms with Crippen LogP contribution in [0.1, 0.15) is 30.5 Å². The van der Waals surface area contributed by atoms with Crippen molar-refractivity contribution in [3.05, 3.63) is 59.2 Å². The molecule has 0 unspecified atom stereocenters. The molecule has 0 saturated carbocycles. The number of benzene rings is 2. The topological polar surface area (TPSA) is 144 Å². The molecule has 12 heteroatoms. The van der Waals surface area contributed by atoms with E-state index in [0.29, 0.717) is 106 Å². The van der Waals surface area contributed by atoms with Gasteiger partial charge in [-0.25, -0.2) is 0 Å². The van der Waals surface area contributed by atoms with Crippen LogP contribution in [0.2, 0.25) is 0 Å². The molecule has 0 spiro atoms. The fraction of sp³-hybridized carbons (Fsp3) is 0.657. The lowest BCUT2D eigenvalue weighted by atomic mass is 9.77. The number of aliphatic hydroxyl groups is 3. The Morgan fingerprint density at radius 1 is 0.468 bits per heavy atom. The van der Waals surface area contributed by atoms with Crippen LogP contribution in [0.25, 0.3) is 0 Å². The monoisotopic (exact) mass is 668 g/mol. The molecule has 0 aliphatic rings. The van der Waals surface area contributed by atoms with Crippen molar-refractivity contribution < 1.29 is 58.0 Å². The first-order valence-corrected chi connectivity index (χ1v) is 16.4. The first-order chi connectivity index (χ1) is 23.0. The maximum absolute atomic E-state index is 9.13. The van der Waals surface area contributed by atoms with Gasteiger partial charge >= 0.3 is 0 Å². The van der Waals surface area contributed by atoms with Crippen molar-refractivity contribution in [1.29, 1.82) is 0 Å². The molecule has 0 atom stereocenters. The number of aliphatic hydroxyl groups excluding tert-OH is 3. The first-order valence-electron chi connectivity index (χ1n) is 16.4. The largest absolute Gasteiger partial charge is 0.491 e. The van der Waals surface area contributed by atoms with Crippen molar-refractivity contribution in [2.45, 2.75) is 25.7 Å². The van der Waals surface area contributed by atoms with Crippen molar-refractivity contribution in [2.24, 2.45) is 0 Å². The van der Waals surface area contributed by atoms with E-state index in [9.17, 15) is 0 Å². The Morgan fingerprint density at radius 3 is 1.40 bits per heavy atom. The van der Waals surface area contributed by atoms with E-state index in [0.717, 1.165) is 28.2 Å². The van der Waals surface area contributed by atoms with E-state index in [-0.39, 0.29) is 31.8 Å². The molecule has 0 aliphatic carbocycles. The van der Waals surface area contributed by atoms with Gasteiger partial charge in [0.1, 0.15) is 24.7 Å². The summed E-state index contributed by atoms with van der Waals surface area (Å²) in [4.78, 5) is 0. The fourth-order valence-corrected chi connectivity index (χ4v) is 4.55. The molecular weight excluding hydrogens is 612 g/mol. The lowest BCUT2D eigenvalue weighted by molar-refractivity contribution is -0.00782. The molecule has 0 heterocycles. The maximum Gasteiger partial charge on any atom is 0.123 e. The minimum Gasteiger partial charge on any atom is -0.491 e. The third kappa shape index (κ3) is 17.6. The van der Waals surface area contributed by atoms with E-state index in [1.54, 1.807) is 0 Å². The van der Waals surface area contributed by atoms with E-state index in [1.807, 2.05) is 24.3 Å². The zero-order valence-corrected chi connectivity index (χ0v) is 28.2. The Bertz CT molecular complexity index is 1040. The van der Waals surface area contributed by atoms with Crippen LogP contribution in [0.4, 0.5) is 0 Å². The smallest absolute Gasteiger partial charge is 0.123 e. The van der Waals surface area contributed by atoms with Crippen molar-refractivity contribution in [2.75, 3.05) is 126 Å². The van der Waals surface area contributed by atoms with Crippen LogP contribution in [0, 0.1) is 0 Å². The third-order valence-corrected chi connectivity index (χ3v) is 7.02. The number of rotatable bonds is 31. The second kappa shape index (κ2) is 26.6. The molecule has 2 aromatic rings. The van der Waals surface area contributed by atoms with Crippen molar-refractivity contribution in [3.63, 3.8) is 0 Å². The van der Waals surface area contributed by atoms with Gasteiger partial charge < -0.3 is 58.0 Å². The molecule has 12 nitrogen and oxygen atoms in total. The van der Waals surface area contributed by atoms with Crippen LogP contribution < -0.4 is 9.47 Å². The second-order valence-electron chi connectivity index (χ2n) is 10.8. The zero-order chi connectivity index (χ0) is 33.8. The quantitative estimate of drug-likeness (QED) is 0.102. The molecule has 0 aromatic heterocycles. The Hall–Kier alpha value is -2.36. The number of hydrogen-bond donors (Lipinski definition) is 3. The predicted octanol–water partition coefficient (Wildman–Crippen LogP) is 2.41. The molecule has 3 N–H and O–H groups in total. The number of hydrogen-bond acceptors (Lipinski definition) is 12. The summed E-state index contributed by atoms with van der Waals surface area (Å²) in [6.07, 6.45) is 0.626. The van der Waals surface area contributed by atoms with Crippen LogP contribution in [-0.4, -0.2) is 141 Å². The molecule has 2 rings (SSSR count). The molecule has 268 valence electrons. The normalized spacial score (nSPS) is 11.7. The molecule has 0 aliphatic heterocycles. The van der Waals surface area contributed by atoms with Crippen LogP contribution >= 0.6 is 0 Å². The predicted molar refractivity (Wildman–Crippen MR) is 177 cm³/mol. The average molecular weight is 669 g/mol. The summed E-state index contributed by atoms with van der Waals surface area (Å²) in [6.45, 7) is 11.0. The van der Waals surface area contributed by atoms with Gasteiger partial charge in [0.05, 0.1) is 112 Å². The summed E-state index contributed by atoms with van der Waals surface area (Å²) in [6, 6.07) is 14.2. The van der Waals surface area contributed by atoms with Gasteiger partial charge in [0, 0.05) is 11.0 Å². The lowest BCUT2D eigenvalue weighted by Crippen LogP contribution is -2.21. The molecule has 0 saturated heterocycles. The summed E-state index contributed by atoms with van der Waals surface area (Å²) in [7, 11) is 0. The zero-order valence-electron chi connectivity index (χ0n) is 28.2. The van der Waals surface area contributed by atoms with Crippen LogP contribution in [0.3, 0.4) is 0 Å². The second-order valence-corrected chi connectivity index (χ2v) is 10.8. The minimum atomic E-state index is -0.378. The minimum absolute atomic E-state index is 0.000241. The van der Waals surface area contributed by atoms with Gasteiger partial charge in [-0.05, 0) is 29.7 Å². The van der Waals surface area contributed by atoms with E-state index < -0.39 is 0 Å². The standard InChI is InChI=1S/C35H56O12/c1-35(2,32-5-3-4-6-34(32)47-28-26-44-20-18-41-16-12-38)31-7-8-33(30(29-31)9-13-39-14-10-36)46-27-25-45-24-23-43-22-21-42-19-17-40-15-11-37/h3-8,29,36-38H,9-28H2,1-2H3. The van der Waals surface area contributed by atoms with E-state index >= 15 is 0 Å². The first kappa shape index (κ1) is 40.8. The van der Waals surface area contributed by atoms with E-state index in [2.05, 4.69) is 32.0 Å². The summed E-state index contributed by atoms with van der Waals surface area (Å²) in [5.41, 5.74) is 2.78. The lowest BCUT2D eigenvalue weighted by Gasteiger charge is -2.29. The Morgan fingerprint density at radius 2 is 0.894 bits per heavy atom. The van der Waals surface area contributed by atoms with Gasteiger partial charge in [-0.1, -0.05) is 44.2 Å². The third-order valence-electron chi connectivity index (χ3n) is 7.02. The number of ether oxygens (including phenoxy) is 9. The Labute approximate surface area is 279 Å². The summed E-state index contributed by atoms with van der Waals surface area (Å²) >= 11 is 0. The number of para-hydroxylation sites is 1. The molecule has 0 radical (unpaired) electrons. The van der Waals surface area contributed by atoms with Crippen LogP contribution in [0.15, 0.2) is 42.5 Å². The highest BCUT2D eigenvalue weighted by atomic mass is 16.6. The van der Waals surface area contributed by atoms with Gasteiger partial charge in [0.15, 0.2) is 0 Å². The molecule has 0 amide bonds. The van der Waals surface area contributed by atoms with Crippen molar-refractivity contribution in [1.82, 2.24) is 0 Å². The molecule has 0 bridgehead atoms. The summed E-state index contributed by atoms with van der Waals surface area (Å²) in [5.74, 6) is 1.56. The molecule has 47 heavy (non-hydrogen) atoms. The molecular formula is C35H56O12. The van der Waals surface area contributed by atoms with Crippen molar-refractivity contribution >= 4 is 0 Å². The molecule has 0 fully saturated rings. The Kier molecular flexibility index (Phi) is 23.1. The van der Waals surface area contributed by atoms with E-state index in [4.69, 9.17) is 58.0 Å². The van der Waals surface area contributed by atoms with Gasteiger partial charge in [-0.15, -0.1) is 0 Å². The maximum atomic E-state index is 9.13. The fourth-order valence-electron chi connectivity index (χ4n) is 4.55. The van der Waals surface area contributed by atoms with Crippen molar-refractivity contribution in [3.8, 4) is 11.5 Å². The highest BCUT2D eigenvalue weighted by molar-refractivity contribution is 5.49. The van der Waals surface area contributed by atoms with Crippen LogP contribution in [0.5, 0.6) is 11.5 Å². The van der Waals surface area contributed by atoms with Gasteiger partial charge in [-0.2, -0.15) is 0 Å². The van der Waals surface area contributed by atoms with Crippen LogP contribution in [-0.2, 0) is 45.0 Å². The SMILES string of the molecule is CC(C)(c1ccc(OCCOCCOCCOCCOCCO)c(CCOCCO)c1)c1ccccc1OCCOCCOCCO. The van der Waals surface area contributed by atoms with Gasteiger partial charge in [0.25, 0.3) is 0 Å².